The van der Waals surface area contributed by atoms with Crippen LogP contribution < -0.4 is 0 Å². The summed E-state index contributed by atoms with van der Waals surface area (Å²) >= 11 is 0. The van der Waals surface area contributed by atoms with Gasteiger partial charge in [0.2, 0.25) is 0 Å². The molecule has 0 spiro atoms. The fourth-order valence-electron chi connectivity index (χ4n) is 2.02. The first-order valence-electron chi connectivity index (χ1n) is 7.35. The molecule has 0 aliphatic carbocycles. The summed E-state index contributed by atoms with van der Waals surface area (Å²) < 4.78 is 4.82. The zero-order valence-corrected chi connectivity index (χ0v) is 12.6. The first-order valence-corrected chi connectivity index (χ1v) is 7.35. The molecule has 0 radical (unpaired) electrons. The number of nitro benzene ring substituents is 1. The summed E-state index contributed by atoms with van der Waals surface area (Å²) in [6.45, 7) is 2.14. The molecule has 0 bridgehead atoms. The third-order valence-electron chi connectivity index (χ3n) is 3.20. The number of nitro groups is 1. The molecule has 0 amide bonds. The summed E-state index contributed by atoms with van der Waals surface area (Å²) in [5, 5.41) is 19.4. The van der Waals surface area contributed by atoms with E-state index in [2.05, 4.69) is 6.92 Å². The van der Waals surface area contributed by atoms with Crippen LogP contribution in [0.25, 0.3) is 0 Å². The van der Waals surface area contributed by atoms with Crippen molar-refractivity contribution in [1.29, 1.82) is 0 Å². The first-order chi connectivity index (χ1) is 10.5. The molecule has 1 unspecified atom stereocenters. The lowest BCUT2D eigenvalue weighted by molar-refractivity contribution is -0.384. The van der Waals surface area contributed by atoms with Gasteiger partial charge in [-0.15, -0.1) is 0 Å². The van der Waals surface area contributed by atoms with Crippen molar-refractivity contribution in [1.82, 2.24) is 0 Å². The van der Waals surface area contributed by atoms with Crippen molar-refractivity contribution >= 4 is 11.8 Å². The maximum absolute atomic E-state index is 10.8. The molecule has 1 N–H and O–H groups in total. The summed E-state index contributed by atoms with van der Waals surface area (Å²) in [7, 11) is 0. The topological polar surface area (TPSA) is 89.7 Å². The van der Waals surface area contributed by atoms with E-state index in [1.165, 1.54) is 30.7 Å². The quantitative estimate of drug-likeness (QED) is 0.231. The van der Waals surface area contributed by atoms with Gasteiger partial charge in [0.25, 0.3) is 5.69 Å². The van der Waals surface area contributed by atoms with E-state index in [-0.39, 0.29) is 5.69 Å². The van der Waals surface area contributed by atoms with Gasteiger partial charge in [-0.1, -0.05) is 32.3 Å². The zero-order valence-electron chi connectivity index (χ0n) is 12.6. The van der Waals surface area contributed by atoms with E-state index in [0.29, 0.717) is 5.56 Å². The first kappa shape index (κ1) is 17.7. The molecule has 0 heterocycles. The number of carboxylic acid groups (broad SMARTS) is 1. The normalized spacial score (nSPS) is 12.2. The molecule has 1 atom stereocenters. The number of rotatable bonds is 9. The molecule has 0 aliphatic heterocycles. The fourth-order valence-corrected chi connectivity index (χ4v) is 2.02. The van der Waals surface area contributed by atoms with E-state index >= 15 is 0 Å². The Morgan fingerprint density at radius 1 is 1.32 bits per heavy atom. The highest BCUT2D eigenvalue weighted by atomic mass is 16.7. The van der Waals surface area contributed by atoms with E-state index in [4.69, 9.17) is 9.84 Å². The van der Waals surface area contributed by atoms with Crippen molar-refractivity contribution in [3.63, 3.8) is 0 Å². The SMILES string of the molecule is CCCCCCC=CC(OC(=O)O)c1ccc([N+](=O)[O-])cc1. The predicted octanol–water partition coefficient (Wildman–Crippen LogP) is 4.86. The van der Waals surface area contributed by atoms with Gasteiger partial charge in [-0.3, -0.25) is 10.1 Å². The maximum atomic E-state index is 10.8. The highest BCUT2D eigenvalue weighted by Crippen LogP contribution is 2.22. The molecular formula is C16H21NO5. The van der Waals surface area contributed by atoms with Crippen molar-refractivity contribution < 1.29 is 19.6 Å². The number of unbranched alkanes of at least 4 members (excludes halogenated alkanes) is 4. The molecular weight excluding hydrogens is 286 g/mol. The van der Waals surface area contributed by atoms with Gasteiger partial charge in [-0.2, -0.15) is 0 Å². The van der Waals surface area contributed by atoms with Crippen LogP contribution in [0.4, 0.5) is 10.5 Å². The molecule has 0 aromatic heterocycles. The molecule has 1 rings (SSSR count). The van der Waals surface area contributed by atoms with E-state index < -0.39 is 17.2 Å². The van der Waals surface area contributed by atoms with Crippen molar-refractivity contribution in [2.75, 3.05) is 0 Å². The van der Waals surface area contributed by atoms with Gasteiger partial charge in [0, 0.05) is 12.1 Å². The number of ether oxygens (including phenoxy) is 1. The second-order valence-corrected chi connectivity index (χ2v) is 4.93. The number of carbonyl (C=O) groups is 1. The average Bonchev–Trinajstić information content (AvgIpc) is 2.49. The Morgan fingerprint density at radius 2 is 2.00 bits per heavy atom. The maximum Gasteiger partial charge on any atom is 0.506 e. The van der Waals surface area contributed by atoms with Crippen LogP contribution in [0, 0.1) is 10.1 Å². The Kier molecular flexibility index (Phi) is 7.67. The number of allylic oxidation sites excluding steroid dienone is 1. The van der Waals surface area contributed by atoms with Gasteiger partial charge < -0.3 is 9.84 Å². The van der Waals surface area contributed by atoms with E-state index in [0.717, 1.165) is 25.7 Å². The highest BCUT2D eigenvalue weighted by molar-refractivity contribution is 5.57. The Labute approximate surface area is 129 Å². The van der Waals surface area contributed by atoms with Crippen LogP contribution in [0.3, 0.4) is 0 Å². The molecule has 6 nitrogen and oxygen atoms in total. The molecule has 0 fully saturated rings. The van der Waals surface area contributed by atoms with Crippen LogP contribution in [0.2, 0.25) is 0 Å². The number of nitrogens with zero attached hydrogens (tertiary/aromatic N) is 1. The predicted molar refractivity (Wildman–Crippen MR) is 82.8 cm³/mol. The average molecular weight is 307 g/mol. The largest absolute Gasteiger partial charge is 0.506 e. The molecule has 6 heteroatoms. The Bertz CT molecular complexity index is 510. The van der Waals surface area contributed by atoms with Gasteiger partial charge in [0.05, 0.1) is 4.92 Å². The monoisotopic (exact) mass is 307 g/mol. The van der Waals surface area contributed by atoms with Crippen LogP contribution in [0.15, 0.2) is 36.4 Å². The zero-order chi connectivity index (χ0) is 16.4. The number of hydrogen-bond acceptors (Lipinski definition) is 4. The molecule has 22 heavy (non-hydrogen) atoms. The van der Waals surface area contributed by atoms with Crippen molar-refractivity contribution in [3.05, 3.63) is 52.1 Å². The van der Waals surface area contributed by atoms with E-state index in [9.17, 15) is 14.9 Å². The fraction of sp³-hybridized carbons (Fsp3) is 0.438. The lowest BCUT2D eigenvalue weighted by Gasteiger charge is -2.12. The van der Waals surface area contributed by atoms with Gasteiger partial charge in [0.15, 0.2) is 0 Å². The van der Waals surface area contributed by atoms with Crippen LogP contribution >= 0.6 is 0 Å². The van der Waals surface area contributed by atoms with Crippen LogP contribution in [0.1, 0.15) is 50.7 Å². The van der Waals surface area contributed by atoms with Crippen molar-refractivity contribution in [2.24, 2.45) is 0 Å². The second kappa shape index (κ2) is 9.55. The summed E-state index contributed by atoms with van der Waals surface area (Å²) in [6.07, 6.45) is 6.84. The van der Waals surface area contributed by atoms with E-state index in [1.807, 2.05) is 6.08 Å². The number of non-ortho nitro benzene ring substituents is 1. The summed E-state index contributed by atoms with van der Waals surface area (Å²) in [5.74, 6) is 0. The minimum atomic E-state index is -1.38. The summed E-state index contributed by atoms with van der Waals surface area (Å²) in [6, 6.07) is 5.69. The molecule has 0 aliphatic rings. The summed E-state index contributed by atoms with van der Waals surface area (Å²) in [4.78, 5) is 20.9. The highest BCUT2D eigenvalue weighted by Gasteiger charge is 2.14. The van der Waals surface area contributed by atoms with Gasteiger partial charge in [-0.05, 0) is 36.6 Å². The number of benzene rings is 1. The molecule has 1 aromatic carbocycles. The van der Waals surface area contributed by atoms with Crippen LogP contribution in [-0.2, 0) is 4.74 Å². The Morgan fingerprint density at radius 3 is 2.55 bits per heavy atom. The third kappa shape index (κ3) is 6.39. The lowest BCUT2D eigenvalue weighted by atomic mass is 10.1. The molecule has 120 valence electrons. The van der Waals surface area contributed by atoms with Crippen LogP contribution in [0.5, 0.6) is 0 Å². The molecule has 1 aromatic rings. The summed E-state index contributed by atoms with van der Waals surface area (Å²) in [5.41, 5.74) is 0.527. The Hall–Kier alpha value is -2.37. The number of hydrogen-bond donors (Lipinski definition) is 1. The van der Waals surface area contributed by atoms with Gasteiger partial charge in [-0.25, -0.2) is 4.79 Å². The van der Waals surface area contributed by atoms with Crippen LogP contribution in [-0.4, -0.2) is 16.2 Å². The standard InChI is InChI=1S/C16H21NO5/c1-2-3-4-5-6-7-8-15(22-16(18)19)13-9-11-14(12-10-13)17(20)21/h7-12,15H,2-6H2,1H3,(H,18,19). The molecule has 0 saturated heterocycles. The minimum Gasteiger partial charge on any atom is -0.450 e. The van der Waals surface area contributed by atoms with Gasteiger partial charge in [0.1, 0.15) is 6.10 Å². The lowest BCUT2D eigenvalue weighted by Crippen LogP contribution is -2.07. The smallest absolute Gasteiger partial charge is 0.450 e. The van der Waals surface area contributed by atoms with E-state index in [1.54, 1.807) is 6.08 Å². The minimum absolute atomic E-state index is 0.0404. The Balaban J connectivity index is 2.69. The van der Waals surface area contributed by atoms with Crippen molar-refractivity contribution in [2.45, 2.75) is 45.1 Å². The molecule has 0 saturated carbocycles. The van der Waals surface area contributed by atoms with Gasteiger partial charge >= 0.3 is 6.16 Å². The second-order valence-electron chi connectivity index (χ2n) is 4.93. The third-order valence-corrected chi connectivity index (χ3v) is 3.20. The van der Waals surface area contributed by atoms with Crippen molar-refractivity contribution in [3.8, 4) is 0 Å².